The zero-order chi connectivity index (χ0) is 16.0. The van der Waals surface area contributed by atoms with Crippen molar-refractivity contribution in [3.8, 4) is 0 Å². The predicted octanol–water partition coefficient (Wildman–Crippen LogP) is 2.66. The van der Waals surface area contributed by atoms with E-state index >= 15 is 0 Å². The van der Waals surface area contributed by atoms with E-state index in [0.29, 0.717) is 18.7 Å². The van der Waals surface area contributed by atoms with Crippen molar-refractivity contribution in [2.75, 3.05) is 33.7 Å². The highest BCUT2D eigenvalue weighted by molar-refractivity contribution is 6.33. The third-order valence-electron chi connectivity index (χ3n) is 2.99. The Hall–Kier alpha value is -1.66. The highest BCUT2D eigenvalue weighted by atomic mass is 35.5. The van der Waals surface area contributed by atoms with E-state index in [2.05, 4.69) is 0 Å². The van der Waals surface area contributed by atoms with Gasteiger partial charge in [0.05, 0.1) is 4.92 Å². The van der Waals surface area contributed by atoms with E-state index in [9.17, 15) is 14.9 Å². The molecule has 116 valence electrons. The molecule has 0 spiro atoms. The van der Waals surface area contributed by atoms with Gasteiger partial charge in [0.1, 0.15) is 5.02 Å². The topological polar surface area (TPSA) is 66.7 Å². The zero-order valence-corrected chi connectivity index (χ0v) is 13.3. The van der Waals surface area contributed by atoms with E-state index in [-0.39, 0.29) is 16.6 Å². The standard InChI is InChI=1S/C14H20ClN3O3/c1-4-7-17(9-8-16(2)3)14(19)11-5-6-13(18(20)21)12(15)10-11/h5-6,10H,4,7-9H2,1-3H3. The molecule has 0 unspecified atom stereocenters. The van der Waals surface area contributed by atoms with Crippen LogP contribution in [0.5, 0.6) is 0 Å². The fraction of sp³-hybridized carbons (Fsp3) is 0.500. The quantitative estimate of drug-likeness (QED) is 0.573. The van der Waals surface area contributed by atoms with Crippen LogP contribution in [0.4, 0.5) is 5.69 Å². The molecule has 1 rings (SSSR count). The van der Waals surface area contributed by atoms with Crippen LogP contribution in [0.3, 0.4) is 0 Å². The second-order valence-corrected chi connectivity index (χ2v) is 5.43. The van der Waals surface area contributed by atoms with E-state index in [0.717, 1.165) is 13.0 Å². The maximum absolute atomic E-state index is 12.5. The van der Waals surface area contributed by atoms with Crippen molar-refractivity contribution in [2.24, 2.45) is 0 Å². The summed E-state index contributed by atoms with van der Waals surface area (Å²) in [6.07, 6.45) is 0.847. The Morgan fingerprint density at radius 1 is 1.29 bits per heavy atom. The lowest BCUT2D eigenvalue weighted by Gasteiger charge is -2.24. The number of halogens is 1. The highest BCUT2D eigenvalue weighted by Gasteiger charge is 2.19. The number of nitro benzene ring substituents is 1. The molecule has 0 radical (unpaired) electrons. The number of carbonyl (C=O) groups is 1. The van der Waals surface area contributed by atoms with Gasteiger partial charge in [0.25, 0.3) is 11.6 Å². The number of nitrogens with zero attached hydrogens (tertiary/aromatic N) is 3. The molecule has 1 aromatic carbocycles. The molecule has 1 amide bonds. The van der Waals surface area contributed by atoms with Crippen molar-refractivity contribution in [3.05, 3.63) is 38.9 Å². The Morgan fingerprint density at radius 2 is 1.95 bits per heavy atom. The number of nitro groups is 1. The number of likely N-dealkylation sites (N-methyl/N-ethyl adjacent to an activating group) is 1. The normalized spacial score (nSPS) is 10.7. The van der Waals surface area contributed by atoms with Gasteiger partial charge in [-0.25, -0.2) is 0 Å². The third-order valence-corrected chi connectivity index (χ3v) is 3.29. The summed E-state index contributed by atoms with van der Waals surface area (Å²) >= 11 is 5.86. The largest absolute Gasteiger partial charge is 0.337 e. The van der Waals surface area contributed by atoms with Crippen LogP contribution < -0.4 is 0 Å². The van der Waals surface area contributed by atoms with Gasteiger partial charge >= 0.3 is 0 Å². The van der Waals surface area contributed by atoms with Crippen LogP contribution in [0.15, 0.2) is 18.2 Å². The molecule has 0 atom stereocenters. The van der Waals surface area contributed by atoms with Crippen LogP contribution in [-0.2, 0) is 0 Å². The molecule has 0 fully saturated rings. The predicted molar refractivity (Wildman–Crippen MR) is 82.9 cm³/mol. The van der Waals surface area contributed by atoms with Crippen molar-refractivity contribution >= 4 is 23.2 Å². The molecule has 0 aliphatic heterocycles. The summed E-state index contributed by atoms with van der Waals surface area (Å²) in [5.74, 6) is -0.157. The average molecular weight is 314 g/mol. The summed E-state index contributed by atoms with van der Waals surface area (Å²) in [5, 5.41) is 10.7. The average Bonchev–Trinajstić information content (AvgIpc) is 2.41. The van der Waals surface area contributed by atoms with E-state index < -0.39 is 4.92 Å². The number of rotatable bonds is 7. The fourth-order valence-electron chi connectivity index (χ4n) is 1.88. The monoisotopic (exact) mass is 313 g/mol. The van der Waals surface area contributed by atoms with Crippen molar-refractivity contribution in [3.63, 3.8) is 0 Å². The highest BCUT2D eigenvalue weighted by Crippen LogP contribution is 2.25. The number of hydrogen-bond donors (Lipinski definition) is 0. The molecule has 7 heteroatoms. The summed E-state index contributed by atoms with van der Waals surface area (Å²) in [6.45, 7) is 4.00. The molecule has 6 nitrogen and oxygen atoms in total. The Balaban J connectivity index is 2.92. The lowest BCUT2D eigenvalue weighted by Crippen LogP contribution is -2.37. The molecular formula is C14H20ClN3O3. The van der Waals surface area contributed by atoms with Crippen LogP contribution in [-0.4, -0.2) is 54.4 Å². The van der Waals surface area contributed by atoms with Crippen LogP contribution in [0.2, 0.25) is 5.02 Å². The van der Waals surface area contributed by atoms with Gasteiger partial charge in [-0.1, -0.05) is 18.5 Å². The molecule has 1 aromatic rings. The summed E-state index contributed by atoms with van der Waals surface area (Å²) < 4.78 is 0. The Bertz CT molecular complexity index is 520. The van der Waals surface area contributed by atoms with Gasteiger partial charge in [0.2, 0.25) is 0 Å². The Morgan fingerprint density at radius 3 is 2.43 bits per heavy atom. The molecule has 21 heavy (non-hydrogen) atoms. The molecular weight excluding hydrogens is 294 g/mol. The van der Waals surface area contributed by atoms with E-state index in [4.69, 9.17) is 11.6 Å². The molecule has 0 aromatic heterocycles. The molecule has 0 N–H and O–H groups in total. The molecule has 0 aliphatic carbocycles. The lowest BCUT2D eigenvalue weighted by atomic mass is 10.1. The van der Waals surface area contributed by atoms with Crippen molar-refractivity contribution in [2.45, 2.75) is 13.3 Å². The first-order chi connectivity index (χ1) is 9.86. The molecule has 0 bridgehead atoms. The minimum absolute atomic E-state index is 0.0186. The van der Waals surface area contributed by atoms with E-state index in [1.165, 1.54) is 18.2 Å². The smallest absolute Gasteiger partial charge is 0.287 e. The van der Waals surface area contributed by atoms with Crippen LogP contribution >= 0.6 is 11.6 Å². The summed E-state index contributed by atoms with van der Waals surface area (Å²) in [6, 6.07) is 4.08. The molecule has 0 saturated heterocycles. The first-order valence-electron chi connectivity index (χ1n) is 6.74. The maximum Gasteiger partial charge on any atom is 0.287 e. The van der Waals surface area contributed by atoms with Gasteiger partial charge in [0.15, 0.2) is 0 Å². The van der Waals surface area contributed by atoms with E-state index in [1.807, 2.05) is 25.9 Å². The van der Waals surface area contributed by atoms with Gasteiger partial charge in [-0.15, -0.1) is 0 Å². The molecule has 0 saturated carbocycles. The van der Waals surface area contributed by atoms with Gasteiger partial charge in [0, 0.05) is 31.3 Å². The van der Waals surface area contributed by atoms with Crippen molar-refractivity contribution < 1.29 is 9.72 Å². The minimum atomic E-state index is -0.563. The van der Waals surface area contributed by atoms with Crippen LogP contribution in [0, 0.1) is 10.1 Å². The number of amides is 1. The Kier molecular flexibility index (Phi) is 6.58. The fourth-order valence-corrected chi connectivity index (χ4v) is 2.13. The van der Waals surface area contributed by atoms with Crippen LogP contribution in [0.1, 0.15) is 23.7 Å². The molecule has 0 heterocycles. The number of carbonyl (C=O) groups excluding carboxylic acids is 1. The number of hydrogen-bond acceptors (Lipinski definition) is 4. The summed E-state index contributed by atoms with van der Waals surface area (Å²) in [5.41, 5.74) is 0.182. The third kappa shape index (κ3) is 4.99. The SMILES string of the molecule is CCCN(CCN(C)C)C(=O)c1ccc([N+](=O)[O-])c(Cl)c1. The van der Waals surface area contributed by atoms with Gasteiger partial charge in [-0.05, 0) is 32.6 Å². The lowest BCUT2D eigenvalue weighted by molar-refractivity contribution is -0.384. The van der Waals surface area contributed by atoms with Gasteiger partial charge in [-0.3, -0.25) is 14.9 Å². The summed E-state index contributed by atoms with van der Waals surface area (Å²) in [7, 11) is 3.88. The minimum Gasteiger partial charge on any atom is -0.337 e. The number of benzene rings is 1. The van der Waals surface area contributed by atoms with Gasteiger partial charge < -0.3 is 9.80 Å². The second kappa shape index (κ2) is 7.95. The van der Waals surface area contributed by atoms with Gasteiger partial charge in [-0.2, -0.15) is 0 Å². The molecule has 0 aliphatic rings. The van der Waals surface area contributed by atoms with E-state index in [1.54, 1.807) is 4.90 Å². The first-order valence-corrected chi connectivity index (χ1v) is 7.12. The van der Waals surface area contributed by atoms with Crippen molar-refractivity contribution in [1.29, 1.82) is 0 Å². The van der Waals surface area contributed by atoms with Crippen LogP contribution in [0.25, 0.3) is 0 Å². The summed E-state index contributed by atoms with van der Waals surface area (Å²) in [4.78, 5) is 26.4. The second-order valence-electron chi connectivity index (χ2n) is 5.02. The zero-order valence-electron chi connectivity index (χ0n) is 12.5. The first kappa shape index (κ1) is 17.4. The Labute approximate surface area is 129 Å². The maximum atomic E-state index is 12.5. The van der Waals surface area contributed by atoms with Crippen molar-refractivity contribution in [1.82, 2.24) is 9.80 Å².